The maximum absolute atomic E-state index is 13.5. The fraction of sp³-hybridized carbons (Fsp3) is 0.632. The topological polar surface area (TPSA) is 72.5 Å². The van der Waals surface area contributed by atoms with Crippen molar-refractivity contribution in [2.24, 2.45) is 0 Å². The largest absolute Gasteiger partial charge is 0.376 e. The molecule has 2 fully saturated rings. The first-order valence-electron chi connectivity index (χ1n) is 9.09. The smallest absolute Gasteiger partial charge is 0.241 e. The zero-order valence-electron chi connectivity index (χ0n) is 15.0. The lowest BCUT2D eigenvalue weighted by Crippen LogP contribution is -2.52. The number of ether oxygens (including phenoxy) is 1. The van der Waals surface area contributed by atoms with Gasteiger partial charge in [0.2, 0.25) is 5.91 Å². The highest BCUT2D eigenvalue weighted by molar-refractivity contribution is 7.93. The van der Waals surface area contributed by atoms with Crippen LogP contribution in [0.25, 0.3) is 0 Å². The van der Waals surface area contributed by atoms with Crippen LogP contribution in [0.1, 0.15) is 49.7 Å². The van der Waals surface area contributed by atoms with Gasteiger partial charge in [0.25, 0.3) is 0 Å². The van der Waals surface area contributed by atoms with Crippen LogP contribution in [0.2, 0.25) is 0 Å². The van der Waals surface area contributed by atoms with Crippen molar-refractivity contribution in [2.45, 2.75) is 68.1 Å². The third kappa shape index (κ3) is 3.34. The van der Waals surface area contributed by atoms with Crippen LogP contribution in [0.3, 0.4) is 0 Å². The molecule has 3 rings (SSSR count). The first kappa shape index (κ1) is 18.4. The van der Waals surface area contributed by atoms with Gasteiger partial charge in [-0.25, -0.2) is 8.42 Å². The molecule has 2 aliphatic rings. The summed E-state index contributed by atoms with van der Waals surface area (Å²) in [5, 5.41) is 2.87. The normalized spacial score (nSPS) is 22.9. The maximum Gasteiger partial charge on any atom is 0.241 e. The van der Waals surface area contributed by atoms with Crippen LogP contribution in [0.15, 0.2) is 23.1 Å². The quantitative estimate of drug-likeness (QED) is 0.871. The van der Waals surface area contributed by atoms with Crippen LogP contribution in [-0.2, 0) is 19.4 Å². The van der Waals surface area contributed by atoms with Gasteiger partial charge in [-0.2, -0.15) is 0 Å². The molecule has 6 heteroatoms. The molecule has 0 bridgehead atoms. The Morgan fingerprint density at radius 2 is 1.96 bits per heavy atom. The molecule has 1 amide bonds. The number of carbonyl (C=O) groups excluding carboxylic acids is 1. The fourth-order valence-corrected chi connectivity index (χ4v) is 6.34. The Kier molecular flexibility index (Phi) is 5.21. The first-order valence-corrected chi connectivity index (χ1v) is 10.6. The molecular weight excluding hydrogens is 338 g/mol. The average Bonchev–Trinajstić information content (AvgIpc) is 3.27. The highest BCUT2D eigenvalue weighted by Crippen LogP contribution is 2.41. The lowest BCUT2D eigenvalue weighted by molar-refractivity contribution is -0.124. The second kappa shape index (κ2) is 7.08. The third-order valence-corrected chi connectivity index (χ3v) is 8.13. The molecule has 138 valence electrons. The minimum absolute atomic E-state index is 0.00538. The van der Waals surface area contributed by atoms with Gasteiger partial charge in [0.15, 0.2) is 14.6 Å². The van der Waals surface area contributed by atoms with Gasteiger partial charge in [-0.15, -0.1) is 0 Å². The molecule has 5 nitrogen and oxygen atoms in total. The number of benzene rings is 1. The highest BCUT2D eigenvalue weighted by atomic mass is 32.2. The van der Waals surface area contributed by atoms with Crippen LogP contribution in [0.5, 0.6) is 0 Å². The van der Waals surface area contributed by atoms with Gasteiger partial charge in [0, 0.05) is 13.2 Å². The molecular formula is C19H27NO4S. The number of aryl methyl sites for hydroxylation is 2. The molecule has 1 aliphatic carbocycles. The van der Waals surface area contributed by atoms with E-state index in [0.717, 1.165) is 31.2 Å². The summed E-state index contributed by atoms with van der Waals surface area (Å²) in [4.78, 5) is 13.3. The van der Waals surface area contributed by atoms with E-state index < -0.39 is 14.6 Å². The van der Waals surface area contributed by atoms with Crippen molar-refractivity contribution in [3.63, 3.8) is 0 Å². The van der Waals surface area contributed by atoms with E-state index in [0.29, 0.717) is 36.5 Å². The molecule has 1 atom stereocenters. The van der Waals surface area contributed by atoms with Crippen molar-refractivity contribution < 1.29 is 17.9 Å². The van der Waals surface area contributed by atoms with Crippen molar-refractivity contribution in [2.75, 3.05) is 13.2 Å². The van der Waals surface area contributed by atoms with E-state index >= 15 is 0 Å². The second-order valence-electron chi connectivity index (χ2n) is 7.32. The predicted molar refractivity (Wildman–Crippen MR) is 96.3 cm³/mol. The Balaban J connectivity index is 1.90. The molecule has 1 unspecified atom stereocenters. The van der Waals surface area contributed by atoms with Gasteiger partial charge in [-0.05, 0) is 56.7 Å². The molecule has 1 saturated carbocycles. The molecule has 0 aromatic heterocycles. The Bertz CT molecular complexity index is 745. The Labute approximate surface area is 150 Å². The average molecular weight is 365 g/mol. The summed E-state index contributed by atoms with van der Waals surface area (Å²) in [5.41, 5.74) is 1.58. The van der Waals surface area contributed by atoms with Gasteiger partial charge in [-0.3, -0.25) is 4.79 Å². The summed E-state index contributed by atoms with van der Waals surface area (Å²) in [5.74, 6) is -0.360. The van der Waals surface area contributed by atoms with E-state index in [4.69, 9.17) is 4.74 Å². The Hall–Kier alpha value is -1.40. The van der Waals surface area contributed by atoms with Crippen molar-refractivity contribution >= 4 is 15.7 Å². The van der Waals surface area contributed by atoms with E-state index in [1.54, 1.807) is 13.0 Å². The summed E-state index contributed by atoms with van der Waals surface area (Å²) in [6.07, 6.45) is 4.21. The first-order chi connectivity index (χ1) is 11.9. The molecule has 1 saturated heterocycles. The lowest BCUT2D eigenvalue weighted by Gasteiger charge is -2.29. The van der Waals surface area contributed by atoms with Crippen molar-refractivity contribution in [1.82, 2.24) is 5.32 Å². The molecule has 1 aromatic carbocycles. The lowest BCUT2D eigenvalue weighted by atomic mass is 10.1. The molecule has 1 heterocycles. The van der Waals surface area contributed by atoms with Crippen molar-refractivity contribution in [3.8, 4) is 0 Å². The number of carbonyl (C=O) groups is 1. The zero-order valence-corrected chi connectivity index (χ0v) is 15.8. The SMILES string of the molecule is Cc1ccc(C)c(S(=O)(=O)C2(C(=O)NCC3CCCO3)CCCC2)c1. The van der Waals surface area contributed by atoms with Gasteiger partial charge >= 0.3 is 0 Å². The molecule has 1 aliphatic heterocycles. The number of amides is 1. The fourth-order valence-electron chi connectivity index (χ4n) is 3.94. The van der Waals surface area contributed by atoms with E-state index in [1.165, 1.54) is 0 Å². The van der Waals surface area contributed by atoms with Crippen LogP contribution in [0.4, 0.5) is 0 Å². The maximum atomic E-state index is 13.5. The monoisotopic (exact) mass is 365 g/mol. The minimum atomic E-state index is -3.75. The number of hydrogen-bond acceptors (Lipinski definition) is 4. The Morgan fingerprint density at radius 1 is 1.24 bits per heavy atom. The number of sulfone groups is 1. The van der Waals surface area contributed by atoms with Crippen LogP contribution >= 0.6 is 0 Å². The molecule has 25 heavy (non-hydrogen) atoms. The summed E-state index contributed by atoms with van der Waals surface area (Å²) < 4.78 is 31.1. The number of nitrogens with one attached hydrogen (secondary N) is 1. The molecule has 0 spiro atoms. The predicted octanol–water partition coefficient (Wildman–Crippen LogP) is 2.69. The van der Waals surface area contributed by atoms with Crippen molar-refractivity contribution in [3.05, 3.63) is 29.3 Å². The number of rotatable bonds is 5. The van der Waals surface area contributed by atoms with Gasteiger partial charge in [0.1, 0.15) is 0 Å². The van der Waals surface area contributed by atoms with E-state index in [-0.39, 0.29) is 12.0 Å². The molecule has 1 aromatic rings. The highest BCUT2D eigenvalue weighted by Gasteiger charge is 2.53. The Morgan fingerprint density at radius 3 is 2.60 bits per heavy atom. The summed E-state index contributed by atoms with van der Waals surface area (Å²) in [7, 11) is -3.75. The summed E-state index contributed by atoms with van der Waals surface area (Å²) >= 11 is 0. The second-order valence-corrected chi connectivity index (χ2v) is 9.55. The van der Waals surface area contributed by atoms with Gasteiger partial charge in [0.05, 0.1) is 11.0 Å². The van der Waals surface area contributed by atoms with Crippen molar-refractivity contribution in [1.29, 1.82) is 0 Å². The van der Waals surface area contributed by atoms with E-state index in [9.17, 15) is 13.2 Å². The van der Waals surface area contributed by atoms with Crippen LogP contribution in [-0.4, -0.2) is 38.3 Å². The number of hydrogen-bond donors (Lipinski definition) is 1. The standard InChI is InChI=1S/C19H27NO4S/c1-14-7-8-15(2)17(12-14)25(22,23)19(9-3-4-10-19)18(21)20-13-16-6-5-11-24-16/h7-8,12,16H,3-6,9-11,13H2,1-2H3,(H,20,21). The van der Waals surface area contributed by atoms with Gasteiger partial charge < -0.3 is 10.1 Å². The molecule has 1 N–H and O–H groups in total. The van der Waals surface area contributed by atoms with Gasteiger partial charge in [-0.1, -0.05) is 25.0 Å². The van der Waals surface area contributed by atoms with Crippen LogP contribution in [0, 0.1) is 13.8 Å². The summed E-state index contributed by atoms with van der Waals surface area (Å²) in [6, 6.07) is 5.40. The third-order valence-electron chi connectivity index (χ3n) is 5.49. The van der Waals surface area contributed by atoms with Crippen LogP contribution < -0.4 is 5.32 Å². The summed E-state index contributed by atoms with van der Waals surface area (Å²) in [6.45, 7) is 4.77. The van der Waals surface area contributed by atoms with E-state index in [2.05, 4.69) is 5.32 Å². The zero-order chi connectivity index (χ0) is 18.1. The van der Waals surface area contributed by atoms with E-state index in [1.807, 2.05) is 19.1 Å². The minimum Gasteiger partial charge on any atom is -0.376 e. The molecule has 0 radical (unpaired) electrons.